The Bertz CT molecular complexity index is 823. The molecule has 3 aromatic rings. The van der Waals surface area contributed by atoms with E-state index in [2.05, 4.69) is 10.3 Å². The monoisotopic (exact) mass is 336 g/mol. The number of hydrogen-bond donors (Lipinski definition) is 1. The fourth-order valence-corrected chi connectivity index (χ4v) is 2.78. The lowest BCUT2D eigenvalue weighted by atomic mass is 10.2. The Kier molecular flexibility index (Phi) is 5.03. The minimum absolute atomic E-state index is 0.173. The molecular weight excluding hydrogens is 320 g/mol. The zero-order valence-electron chi connectivity index (χ0n) is 13.1. The van der Waals surface area contributed by atoms with Crippen molar-refractivity contribution in [2.24, 2.45) is 0 Å². The van der Waals surface area contributed by atoms with E-state index in [-0.39, 0.29) is 5.91 Å². The van der Waals surface area contributed by atoms with Crippen LogP contribution in [0.2, 0.25) is 0 Å². The standard InChI is InChI=1S/C19H16N2O2S/c1-23-17-9-2-14(3-10-17)4-11-18(22)21-16-7-5-15(6-8-16)19-20-12-13-24-19/h2-13H,1H3,(H,21,22). The molecule has 0 atom stereocenters. The second-order valence-corrected chi connectivity index (χ2v) is 5.90. The molecule has 2 aromatic carbocycles. The van der Waals surface area contributed by atoms with Crippen LogP contribution in [0.15, 0.2) is 66.2 Å². The van der Waals surface area contributed by atoms with Crippen LogP contribution >= 0.6 is 11.3 Å². The van der Waals surface area contributed by atoms with Crippen LogP contribution in [0.3, 0.4) is 0 Å². The summed E-state index contributed by atoms with van der Waals surface area (Å²) in [5.41, 5.74) is 2.72. The van der Waals surface area contributed by atoms with Gasteiger partial charge in [-0.25, -0.2) is 4.98 Å². The molecule has 1 N–H and O–H groups in total. The van der Waals surface area contributed by atoms with Crippen LogP contribution in [0, 0.1) is 0 Å². The topological polar surface area (TPSA) is 51.2 Å². The highest BCUT2D eigenvalue weighted by Gasteiger charge is 2.02. The molecular formula is C19H16N2O2S. The van der Waals surface area contributed by atoms with E-state index >= 15 is 0 Å². The van der Waals surface area contributed by atoms with Gasteiger partial charge in [0.25, 0.3) is 0 Å². The molecule has 1 aromatic heterocycles. The highest BCUT2D eigenvalue weighted by atomic mass is 32.1. The second-order valence-electron chi connectivity index (χ2n) is 5.01. The van der Waals surface area contributed by atoms with Gasteiger partial charge in [-0.05, 0) is 48.0 Å². The predicted molar refractivity (Wildman–Crippen MR) is 98.2 cm³/mol. The summed E-state index contributed by atoms with van der Waals surface area (Å²) < 4.78 is 5.10. The van der Waals surface area contributed by atoms with E-state index in [1.807, 2.05) is 53.9 Å². The summed E-state index contributed by atoms with van der Waals surface area (Å²) in [6.45, 7) is 0. The SMILES string of the molecule is COc1ccc(C=CC(=O)Nc2ccc(-c3nccs3)cc2)cc1. The van der Waals surface area contributed by atoms with Crippen LogP contribution in [0.4, 0.5) is 5.69 Å². The number of rotatable bonds is 5. The summed E-state index contributed by atoms with van der Waals surface area (Å²) in [7, 11) is 1.62. The smallest absolute Gasteiger partial charge is 0.248 e. The van der Waals surface area contributed by atoms with Crippen molar-refractivity contribution in [3.63, 3.8) is 0 Å². The molecule has 120 valence electrons. The molecule has 24 heavy (non-hydrogen) atoms. The van der Waals surface area contributed by atoms with Crippen LogP contribution in [0.25, 0.3) is 16.6 Å². The Hall–Kier alpha value is -2.92. The van der Waals surface area contributed by atoms with Crippen molar-refractivity contribution in [1.82, 2.24) is 4.98 Å². The fourth-order valence-electron chi connectivity index (χ4n) is 2.13. The van der Waals surface area contributed by atoms with Crippen LogP contribution in [0.1, 0.15) is 5.56 Å². The van der Waals surface area contributed by atoms with Crippen molar-refractivity contribution >= 4 is 29.0 Å². The first-order valence-corrected chi connectivity index (χ1v) is 8.25. The number of thiazole rings is 1. The van der Waals surface area contributed by atoms with Gasteiger partial charge < -0.3 is 10.1 Å². The zero-order chi connectivity index (χ0) is 16.8. The molecule has 0 fully saturated rings. The first-order valence-electron chi connectivity index (χ1n) is 7.37. The third-order valence-electron chi connectivity index (χ3n) is 3.37. The van der Waals surface area contributed by atoms with E-state index in [4.69, 9.17) is 4.74 Å². The fraction of sp³-hybridized carbons (Fsp3) is 0.0526. The first kappa shape index (κ1) is 16.0. The van der Waals surface area contributed by atoms with Crippen molar-refractivity contribution in [3.8, 4) is 16.3 Å². The van der Waals surface area contributed by atoms with Crippen molar-refractivity contribution in [1.29, 1.82) is 0 Å². The van der Waals surface area contributed by atoms with E-state index in [0.717, 1.165) is 27.6 Å². The molecule has 0 unspecified atom stereocenters. The summed E-state index contributed by atoms with van der Waals surface area (Å²) in [6, 6.07) is 15.1. The highest BCUT2D eigenvalue weighted by molar-refractivity contribution is 7.13. The summed E-state index contributed by atoms with van der Waals surface area (Å²) in [4.78, 5) is 16.3. The number of nitrogens with zero attached hydrogens (tertiary/aromatic N) is 1. The lowest BCUT2D eigenvalue weighted by Gasteiger charge is -2.03. The maximum atomic E-state index is 12.0. The number of carbonyl (C=O) groups excluding carboxylic acids is 1. The molecule has 4 nitrogen and oxygen atoms in total. The molecule has 1 amide bonds. The number of ether oxygens (including phenoxy) is 1. The molecule has 0 aliphatic heterocycles. The number of hydrogen-bond acceptors (Lipinski definition) is 4. The predicted octanol–water partition coefficient (Wildman–Crippen LogP) is 4.47. The Balaban J connectivity index is 1.60. The van der Waals surface area contributed by atoms with Crippen molar-refractivity contribution in [2.75, 3.05) is 12.4 Å². The molecule has 3 rings (SSSR count). The van der Waals surface area contributed by atoms with Gasteiger partial charge >= 0.3 is 0 Å². The Morgan fingerprint density at radius 2 is 1.88 bits per heavy atom. The maximum Gasteiger partial charge on any atom is 0.248 e. The van der Waals surface area contributed by atoms with Gasteiger partial charge in [-0.3, -0.25) is 4.79 Å². The molecule has 0 bridgehead atoms. The van der Waals surface area contributed by atoms with Gasteiger partial charge in [0.15, 0.2) is 0 Å². The maximum absolute atomic E-state index is 12.0. The number of benzene rings is 2. The summed E-state index contributed by atoms with van der Waals surface area (Å²) in [5, 5.41) is 5.74. The van der Waals surface area contributed by atoms with Crippen molar-refractivity contribution < 1.29 is 9.53 Å². The van der Waals surface area contributed by atoms with Crippen LogP contribution in [0.5, 0.6) is 5.75 Å². The highest BCUT2D eigenvalue weighted by Crippen LogP contribution is 2.23. The number of carbonyl (C=O) groups is 1. The number of methoxy groups -OCH3 is 1. The summed E-state index contributed by atoms with van der Waals surface area (Å²) >= 11 is 1.59. The molecule has 5 heteroatoms. The molecule has 0 saturated carbocycles. The second kappa shape index (κ2) is 7.57. The lowest BCUT2D eigenvalue weighted by Crippen LogP contribution is -2.07. The average molecular weight is 336 g/mol. The molecule has 0 spiro atoms. The average Bonchev–Trinajstić information content (AvgIpc) is 3.16. The van der Waals surface area contributed by atoms with E-state index in [1.165, 1.54) is 6.08 Å². The van der Waals surface area contributed by atoms with Gasteiger partial charge in [-0.15, -0.1) is 11.3 Å². The zero-order valence-corrected chi connectivity index (χ0v) is 13.9. The number of amides is 1. The van der Waals surface area contributed by atoms with Gasteiger partial charge in [0.1, 0.15) is 10.8 Å². The van der Waals surface area contributed by atoms with Gasteiger partial charge in [0, 0.05) is 28.9 Å². The van der Waals surface area contributed by atoms with Crippen LogP contribution in [-0.4, -0.2) is 18.0 Å². The molecule has 1 heterocycles. The van der Waals surface area contributed by atoms with E-state index in [9.17, 15) is 4.79 Å². The van der Waals surface area contributed by atoms with Gasteiger partial charge in [-0.2, -0.15) is 0 Å². The van der Waals surface area contributed by atoms with Crippen LogP contribution < -0.4 is 10.1 Å². The van der Waals surface area contributed by atoms with E-state index < -0.39 is 0 Å². The Morgan fingerprint density at radius 3 is 2.50 bits per heavy atom. The first-order chi connectivity index (χ1) is 11.7. The molecule has 0 aliphatic rings. The third kappa shape index (κ3) is 4.08. The van der Waals surface area contributed by atoms with Crippen molar-refractivity contribution in [2.45, 2.75) is 0 Å². The quantitative estimate of drug-likeness (QED) is 0.699. The summed E-state index contributed by atoms with van der Waals surface area (Å²) in [5.74, 6) is 0.615. The van der Waals surface area contributed by atoms with Gasteiger partial charge in [0.05, 0.1) is 7.11 Å². The Labute approximate surface area is 144 Å². The normalized spacial score (nSPS) is 10.7. The minimum atomic E-state index is -0.173. The van der Waals surface area contributed by atoms with E-state index in [1.54, 1.807) is 30.7 Å². The largest absolute Gasteiger partial charge is 0.497 e. The molecule has 0 saturated heterocycles. The van der Waals surface area contributed by atoms with Crippen LogP contribution in [-0.2, 0) is 4.79 Å². The van der Waals surface area contributed by atoms with E-state index in [0.29, 0.717) is 0 Å². The third-order valence-corrected chi connectivity index (χ3v) is 4.20. The number of aromatic nitrogens is 1. The summed E-state index contributed by atoms with van der Waals surface area (Å²) in [6.07, 6.45) is 5.05. The lowest BCUT2D eigenvalue weighted by molar-refractivity contribution is -0.111. The molecule has 0 radical (unpaired) electrons. The van der Waals surface area contributed by atoms with Crippen molar-refractivity contribution in [3.05, 3.63) is 71.7 Å². The minimum Gasteiger partial charge on any atom is -0.497 e. The van der Waals surface area contributed by atoms with Gasteiger partial charge in [-0.1, -0.05) is 12.1 Å². The Morgan fingerprint density at radius 1 is 1.12 bits per heavy atom. The molecule has 0 aliphatic carbocycles. The number of anilines is 1. The van der Waals surface area contributed by atoms with Gasteiger partial charge in [0.2, 0.25) is 5.91 Å². The number of nitrogens with one attached hydrogen (secondary N) is 1.